The molecule has 0 aliphatic carbocycles. The highest BCUT2D eigenvalue weighted by atomic mass is 16.4. The number of hydrogen-bond acceptors (Lipinski definition) is 9. The molecule has 12 N–H and O–H groups in total. The van der Waals surface area contributed by atoms with E-state index < -0.39 is 60.4 Å². The zero-order chi connectivity index (χ0) is 28.0. The van der Waals surface area contributed by atoms with Crippen LogP contribution < -0.4 is 33.2 Å². The largest absolute Gasteiger partial charge is 0.508 e. The Bertz CT molecular complexity index is 926. The maximum atomic E-state index is 12.9. The topological polar surface area (TPSA) is 260 Å². The van der Waals surface area contributed by atoms with Gasteiger partial charge in [-0.05, 0) is 56.3 Å². The van der Waals surface area contributed by atoms with E-state index in [-0.39, 0.29) is 31.4 Å². The van der Waals surface area contributed by atoms with Crippen LogP contribution in [0.3, 0.4) is 0 Å². The molecule has 1 aromatic carbocycles. The van der Waals surface area contributed by atoms with E-state index in [2.05, 4.69) is 16.0 Å². The molecule has 4 unspecified atom stereocenters. The van der Waals surface area contributed by atoms with Crippen molar-refractivity contribution in [3.05, 3.63) is 29.8 Å². The van der Waals surface area contributed by atoms with Crippen molar-refractivity contribution in [2.45, 2.75) is 62.7 Å². The van der Waals surface area contributed by atoms with Crippen LogP contribution >= 0.6 is 0 Å². The Morgan fingerprint density at radius 3 is 1.95 bits per heavy atom. The fourth-order valence-electron chi connectivity index (χ4n) is 3.30. The van der Waals surface area contributed by atoms with Crippen LogP contribution in [0.15, 0.2) is 24.3 Å². The first kappa shape index (κ1) is 31.3. The van der Waals surface area contributed by atoms with Gasteiger partial charge in [0, 0.05) is 6.42 Å². The maximum Gasteiger partial charge on any atom is 0.326 e. The lowest BCUT2D eigenvalue weighted by Crippen LogP contribution is -2.58. The smallest absolute Gasteiger partial charge is 0.326 e. The predicted molar refractivity (Wildman–Crippen MR) is 132 cm³/mol. The Morgan fingerprint density at radius 1 is 0.838 bits per heavy atom. The average molecular weight is 525 g/mol. The number of carboxylic acids is 1. The van der Waals surface area contributed by atoms with Crippen molar-refractivity contribution in [3.8, 4) is 5.75 Å². The van der Waals surface area contributed by atoms with Gasteiger partial charge in [-0.3, -0.25) is 19.2 Å². The highest BCUT2D eigenvalue weighted by Gasteiger charge is 2.30. The van der Waals surface area contributed by atoms with Crippen molar-refractivity contribution in [2.24, 2.45) is 17.2 Å². The number of phenols is 1. The highest BCUT2D eigenvalue weighted by molar-refractivity contribution is 5.94. The summed E-state index contributed by atoms with van der Waals surface area (Å²) in [5, 5.41) is 35.2. The molecule has 4 amide bonds. The molecular weight excluding hydrogens is 488 g/mol. The Morgan fingerprint density at radius 2 is 1.41 bits per heavy atom. The van der Waals surface area contributed by atoms with Crippen molar-refractivity contribution >= 4 is 29.6 Å². The lowest BCUT2D eigenvalue weighted by Gasteiger charge is -2.24. The van der Waals surface area contributed by atoms with E-state index in [9.17, 15) is 39.3 Å². The number of unbranched alkanes of at least 4 members (excludes halogenated alkanes) is 1. The average Bonchev–Trinajstić information content (AvgIpc) is 2.85. The van der Waals surface area contributed by atoms with Crippen molar-refractivity contribution in [1.29, 1.82) is 0 Å². The standard InChI is InChI=1S/C23H36N6O8/c24-10-2-1-3-16(27-20(33)15(25)11-13-4-6-14(31)7-5-13)21(34)29-18(12-30)22(35)28-17(23(36)37)8-9-19(26)32/h4-7,15-18,30-31H,1-3,8-12,24-25H2,(H2,26,32)(H,27,33)(H,28,35)(H,29,34)(H,36,37). The van der Waals surface area contributed by atoms with Gasteiger partial charge in [-0.25, -0.2) is 4.79 Å². The molecule has 1 aromatic rings. The van der Waals surface area contributed by atoms with E-state index in [0.29, 0.717) is 24.9 Å². The van der Waals surface area contributed by atoms with Gasteiger partial charge in [0.2, 0.25) is 23.6 Å². The number of rotatable bonds is 17. The summed E-state index contributed by atoms with van der Waals surface area (Å²) in [7, 11) is 0. The van der Waals surface area contributed by atoms with Crippen LogP contribution in [-0.4, -0.2) is 82.2 Å². The normalized spacial score (nSPS) is 14.0. The number of nitrogens with one attached hydrogen (secondary N) is 3. The molecule has 0 saturated heterocycles. The van der Waals surface area contributed by atoms with Crippen LogP contribution in [0.4, 0.5) is 0 Å². The molecule has 0 aromatic heterocycles. The first-order valence-electron chi connectivity index (χ1n) is 11.7. The van der Waals surface area contributed by atoms with E-state index in [0.717, 1.165) is 0 Å². The van der Waals surface area contributed by atoms with E-state index in [1.807, 2.05) is 0 Å². The molecule has 0 aliphatic rings. The van der Waals surface area contributed by atoms with Crippen molar-refractivity contribution in [1.82, 2.24) is 16.0 Å². The van der Waals surface area contributed by atoms with Gasteiger partial charge in [0.1, 0.15) is 23.9 Å². The van der Waals surface area contributed by atoms with Gasteiger partial charge in [-0.1, -0.05) is 12.1 Å². The Hall–Kier alpha value is -3.75. The minimum Gasteiger partial charge on any atom is -0.508 e. The fraction of sp³-hybridized carbons (Fsp3) is 0.522. The molecule has 14 nitrogen and oxygen atoms in total. The van der Waals surface area contributed by atoms with E-state index in [1.165, 1.54) is 12.1 Å². The zero-order valence-corrected chi connectivity index (χ0v) is 20.4. The van der Waals surface area contributed by atoms with Gasteiger partial charge in [0.05, 0.1) is 12.6 Å². The number of nitrogens with two attached hydrogens (primary N) is 3. The predicted octanol–water partition coefficient (Wildman–Crippen LogP) is -2.81. The van der Waals surface area contributed by atoms with Crippen LogP contribution in [0, 0.1) is 0 Å². The third-order valence-electron chi connectivity index (χ3n) is 5.42. The Labute approximate surface area is 213 Å². The van der Waals surface area contributed by atoms with E-state index >= 15 is 0 Å². The molecule has 0 spiro atoms. The molecule has 0 heterocycles. The first-order valence-corrected chi connectivity index (χ1v) is 11.7. The number of amides is 4. The monoisotopic (exact) mass is 524 g/mol. The SMILES string of the molecule is NCCCCC(NC(=O)C(N)Cc1ccc(O)cc1)C(=O)NC(CO)C(=O)NC(CCC(N)=O)C(=O)O. The molecule has 0 saturated carbocycles. The Balaban J connectivity index is 2.85. The quantitative estimate of drug-likeness (QED) is 0.0944. The summed E-state index contributed by atoms with van der Waals surface area (Å²) in [4.78, 5) is 60.4. The number of carbonyl (C=O) groups excluding carboxylic acids is 4. The summed E-state index contributed by atoms with van der Waals surface area (Å²) in [6.45, 7) is -0.504. The number of aromatic hydroxyl groups is 1. The second-order valence-corrected chi connectivity index (χ2v) is 8.47. The van der Waals surface area contributed by atoms with Crippen LogP contribution in [0.25, 0.3) is 0 Å². The second-order valence-electron chi connectivity index (χ2n) is 8.47. The molecular formula is C23H36N6O8. The molecule has 1 rings (SSSR count). The van der Waals surface area contributed by atoms with Crippen molar-refractivity contribution in [3.63, 3.8) is 0 Å². The summed E-state index contributed by atoms with van der Waals surface area (Å²) in [6.07, 6.45) is 0.741. The number of aliphatic hydroxyl groups is 1. The molecule has 37 heavy (non-hydrogen) atoms. The van der Waals surface area contributed by atoms with Gasteiger partial charge in [-0.15, -0.1) is 0 Å². The number of carbonyl (C=O) groups is 5. The molecule has 0 radical (unpaired) electrons. The number of hydrogen-bond donors (Lipinski definition) is 9. The van der Waals surface area contributed by atoms with Crippen molar-refractivity contribution in [2.75, 3.05) is 13.2 Å². The number of carboxylic acid groups (broad SMARTS) is 1. The van der Waals surface area contributed by atoms with Crippen LogP contribution in [0.5, 0.6) is 5.75 Å². The molecule has 0 fully saturated rings. The van der Waals surface area contributed by atoms with E-state index in [4.69, 9.17) is 17.2 Å². The molecule has 206 valence electrons. The summed E-state index contributed by atoms with van der Waals surface area (Å²) in [6, 6.07) is 0.979. The number of phenolic OH excluding ortho intramolecular Hbond substituents is 1. The summed E-state index contributed by atoms with van der Waals surface area (Å²) >= 11 is 0. The first-order chi connectivity index (χ1) is 17.5. The van der Waals surface area contributed by atoms with Crippen LogP contribution in [-0.2, 0) is 30.4 Å². The van der Waals surface area contributed by atoms with Gasteiger partial charge in [0.25, 0.3) is 0 Å². The van der Waals surface area contributed by atoms with Crippen molar-refractivity contribution < 1.29 is 39.3 Å². The molecule has 14 heteroatoms. The highest BCUT2D eigenvalue weighted by Crippen LogP contribution is 2.11. The second kappa shape index (κ2) is 16.1. The third kappa shape index (κ3) is 11.7. The van der Waals surface area contributed by atoms with Gasteiger partial charge in [0.15, 0.2) is 0 Å². The summed E-state index contributed by atoms with van der Waals surface area (Å²) < 4.78 is 0. The summed E-state index contributed by atoms with van der Waals surface area (Å²) in [5.41, 5.74) is 17.2. The molecule has 0 aliphatic heterocycles. The zero-order valence-electron chi connectivity index (χ0n) is 20.4. The third-order valence-corrected chi connectivity index (χ3v) is 5.42. The minimum absolute atomic E-state index is 0.0587. The number of benzene rings is 1. The molecule has 0 bridgehead atoms. The number of aliphatic hydroxyl groups excluding tert-OH is 1. The lowest BCUT2D eigenvalue weighted by molar-refractivity contribution is -0.143. The number of aliphatic carboxylic acids is 1. The summed E-state index contributed by atoms with van der Waals surface area (Å²) in [5.74, 6) is -4.55. The minimum atomic E-state index is -1.53. The van der Waals surface area contributed by atoms with Crippen LogP contribution in [0.2, 0.25) is 0 Å². The lowest BCUT2D eigenvalue weighted by atomic mass is 10.0. The fourth-order valence-corrected chi connectivity index (χ4v) is 3.30. The van der Waals surface area contributed by atoms with Gasteiger partial charge < -0.3 is 48.5 Å². The van der Waals surface area contributed by atoms with E-state index in [1.54, 1.807) is 12.1 Å². The number of primary amides is 1. The van der Waals surface area contributed by atoms with Gasteiger partial charge in [-0.2, -0.15) is 0 Å². The maximum absolute atomic E-state index is 12.9. The Kier molecular flexibility index (Phi) is 13.6. The molecule has 4 atom stereocenters. The van der Waals surface area contributed by atoms with Crippen LogP contribution in [0.1, 0.15) is 37.7 Å². The van der Waals surface area contributed by atoms with Gasteiger partial charge >= 0.3 is 5.97 Å².